The zero-order chi connectivity index (χ0) is 23.5. The number of alkyl halides is 3. The molecule has 1 amide bonds. The normalized spacial score (nSPS) is 22.0. The van der Waals surface area contributed by atoms with Gasteiger partial charge in [0.05, 0.1) is 29.6 Å². The third kappa shape index (κ3) is 2.88. The molecule has 1 atom stereocenters. The van der Waals surface area contributed by atoms with Crippen molar-refractivity contribution in [3.63, 3.8) is 0 Å². The van der Waals surface area contributed by atoms with Gasteiger partial charge in [0.15, 0.2) is 0 Å². The Hall–Kier alpha value is -4.02. The number of hydrogen-bond acceptors (Lipinski definition) is 6. The molecule has 0 bridgehead atoms. The minimum Gasteiger partial charge on any atom is -0.464 e. The van der Waals surface area contributed by atoms with E-state index in [1.54, 1.807) is 12.1 Å². The van der Waals surface area contributed by atoms with Gasteiger partial charge >= 0.3 is 6.18 Å². The molecule has 3 aromatic heterocycles. The van der Waals surface area contributed by atoms with Crippen molar-refractivity contribution < 1.29 is 26.8 Å². The van der Waals surface area contributed by atoms with Crippen LogP contribution < -0.4 is 11.3 Å². The molecule has 2 aliphatic rings. The molecule has 0 saturated carbocycles. The van der Waals surface area contributed by atoms with E-state index in [0.717, 1.165) is 12.1 Å². The summed E-state index contributed by atoms with van der Waals surface area (Å²) in [5.74, 6) is -1.71. The molecule has 0 aliphatic carbocycles. The molecule has 1 saturated heterocycles. The summed E-state index contributed by atoms with van der Waals surface area (Å²) in [6, 6.07) is 5.14. The second kappa shape index (κ2) is 6.99. The zero-order valence-electron chi connectivity index (χ0n) is 17.1. The van der Waals surface area contributed by atoms with Gasteiger partial charge in [-0.3, -0.25) is 14.6 Å². The van der Waals surface area contributed by atoms with Crippen molar-refractivity contribution in [1.29, 1.82) is 0 Å². The Morgan fingerprint density at radius 2 is 2.06 bits per heavy atom. The second-order valence-corrected chi connectivity index (χ2v) is 7.76. The van der Waals surface area contributed by atoms with Crippen LogP contribution in [0.25, 0.3) is 11.0 Å². The third-order valence-corrected chi connectivity index (χ3v) is 6.04. The van der Waals surface area contributed by atoms with Gasteiger partial charge in [-0.25, -0.2) is 0 Å². The number of halogens is 3. The minimum atomic E-state index is -4.65. The van der Waals surface area contributed by atoms with Crippen LogP contribution in [0.4, 0.5) is 13.2 Å². The number of aromatic nitrogens is 1. The van der Waals surface area contributed by atoms with Gasteiger partial charge in [0.25, 0.3) is 5.56 Å². The van der Waals surface area contributed by atoms with Gasteiger partial charge in [0.2, 0.25) is 11.7 Å². The first-order valence-corrected chi connectivity index (χ1v) is 9.92. The predicted molar refractivity (Wildman–Crippen MR) is 111 cm³/mol. The van der Waals surface area contributed by atoms with Crippen molar-refractivity contribution in [1.82, 2.24) is 9.47 Å². The Morgan fingerprint density at radius 3 is 2.76 bits per heavy atom. The van der Waals surface area contributed by atoms with Gasteiger partial charge in [0, 0.05) is 30.7 Å². The van der Waals surface area contributed by atoms with E-state index < -0.39 is 23.3 Å². The van der Waals surface area contributed by atoms with Gasteiger partial charge in [-0.05, 0) is 24.6 Å². The van der Waals surface area contributed by atoms with E-state index >= 15 is 0 Å². The number of rotatable bonds is 3. The molecule has 1 spiro atoms. The number of likely N-dealkylation sites (tertiary alicyclic amines) is 1. The van der Waals surface area contributed by atoms with Crippen molar-refractivity contribution in [2.75, 3.05) is 0 Å². The molecule has 8 nitrogen and oxygen atoms in total. The molecule has 1 unspecified atom stereocenters. The maximum absolute atomic E-state index is 13.8. The maximum atomic E-state index is 13.8. The molecule has 11 heteroatoms. The van der Waals surface area contributed by atoms with E-state index in [4.69, 9.17) is 14.6 Å². The summed E-state index contributed by atoms with van der Waals surface area (Å²) in [5.41, 5.74) is 4.91. The molecule has 1 fully saturated rings. The molecule has 0 aromatic carbocycles. The number of nitrogens with zero attached hydrogens (tertiary/aromatic N) is 3. The number of amides is 1. The Bertz CT molecular complexity index is 1430. The number of hydrogen-bond donors (Lipinski definition) is 1. The van der Waals surface area contributed by atoms with E-state index in [1.165, 1.54) is 28.1 Å². The zero-order valence-corrected chi connectivity index (χ0v) is 17.1. The van der Waals surface area contributed by atoms with Gasteiger partial charge in [-0.15, -0.1) is 0 Å². The van der Waals surface area contributed by atoms with Crippen LogP contribution in [-0.2, 0) is 29.5 Å². The van der Waals surface area contributed by atoms with E-state index in [-0.39, 0.29) is 42.2 Å². The number of carbonyl (C=O) groups excluding carboxylic acids is 1. The lowest BCUT2D eigenvalue weighted by molar-refractivity contribution is -0.153. The van der Waals surface area contributed by atoms with Crippen LogP contribution in [0.1, 0.15) is 23.6 Å². The van der Waals surface area contributed by atoms with Crippen LogP contribution >= 0.6 is 0 Å². The van der Waals surface area contributed by atoms with E-state index in [9.17, 15) is 22.8 Å². The fourth-order valence-electron chi connectivity index (χ4n) is 4.57. The Morgan fingerprint density at radius 1 is 1.27 bits per heavy atom. The first-order valence-electron chi connectivity index (χ1n) is 9.92. The number of pyridine rings is 1. The standard InChI is InChI=1S/C22H17F3N4O4/c1-12-18(27-7-6-26)21(5-8-28-16(21)10-15-14(19(28)30)4-9-32-15)20(31)29(12)11-13-2-3-17(33-13)22(23,24)25/h2-4,6-7,9-10H,1,5,8,11,26H2/b7-6-,27-18?. The Balaban J connectivity index is 1.64. The van der Waals surface area contributed by atoms with Crippen LogP contribution in [0, 0.1) is 0 Å². The number of fused-ring (bicyclic) bond motifs is 3. The smallest absolute Gasteiger partial charge is 0.449 e. The molecular formula is C22H17F3N4O4. The highest BCUT2D eigenvalue weighted by Crippen LogP contribution is 2.46. The highest BCUT2D eigenvalue weighted by atomic mass is 19.4. The summed E-state index contributed by atoms with van der Waals surface area (Å²) in [6.07, 6.45) is -0.575. The van der Waals surface area contributed by atoms with Crippen LogP contribution in [-0.4, -0.2) is 21.1 Å². The lowest BCUT2D eigenvalue weighted by Crippen LogP contribution is -2.40. The summed E-state index contributed by atoms with van der Waals surface area (Å²) in [5, 5.41) is 0.382. The number of furan rings is 2. The molecule has 2 aliphatic heterocycles. The fraction of sp³-hybridized carbons (Fsp3) is 0.227. The molecule has 5 rings (SSSR count). The first kappa shape index (κ1) is 20.9. The number of nitrogens with two attached hydrogens (primary N) is 1. The van der Waals surface area contributed by atoms with Gasteiger partial charge in [-0.2, -0.15) is 13.2 Å². The lowest BCUT2D eigenvalue weighted by atomic mass is 9.79. The van der Waals surface area contributed by atoms with Gasteiger partial charge in [0.1, 0.15) is 16.8 Å². The number of allylic oxidation sites excluding steroid dienone is 1. The van der Waals surface area contributed by atoms with Crippen LogP contribution in [0.5, 0.6) is 0 Å². The molecule has 5 heterocycles. The summed E-state index contributed by atoms with van der Waals surface area (Å²) < 4.78 is 50.6. The van der Waals surface area contributed by atoms with Gasteiger partial charge < -0.3 is 24.0 Å². The number of aliphatic imine (C=N–C) groups is 1. The Labute approximate surface area is 184 Å². The fourth-order valence-corrected chi connectivity index (χ4v) is 4.57. The quantitative estimate of drug-likeness (QED) is 0.648. The second-order valence-electron chi connectivity index (χ2n) is 7.76. The van der Waals surface area contributed by atoms with E-state index in [2.05, 4.69) is 11.6 Å². The molecule has 170 valence electrons. The van der Waals surface area contributed by atoms with E-state index in [1.807, 2.05) is 0 Å². The monoisotopic (exact) mass is 458 g/mol. The van der Waals surface area contributed by atoms with Crippen molar-refractivity contribution in [2.45, 2.75) is 31.1 Å². The SMILES string of the molecule is C=C1C(=N/C=C\N)C2(CCn3c2cc2occc2c3=O)C(=O)N1Cc1ccc(C(F)(F)F)o1. The minimum absolute atomic E-state index is 0.0699. The largest absolute Gasteiger partial charge is 0.464 e. The highest BCUT2D eigenvalue weighted by molar-refractivity contribution is 6.27. The summed E-state index contributed by atoms with van der Waals surface area (Å²) >= 11 is 0. The van der Waals surface area contributed by atoms with Crippen LogP contribution in [0.15, 0.2) is 73.8 Å². The summed E-state index contributed by atoms with van der Waals surface area (Å²) in [6.45, 7) is 3.92. The lowest BCUT2D eigenvalue weighted by Gasteiger charge is -2.22. The molecule has 2 N–H and O–H groups in total. The Kier molecular flexibility index (Phi) is 4.42. The van der Waals surface area contributed by atoms with Gasteiger partial charge in [-0.1, -0.05) is 6.58 Å². The summed E-state index contributed by atoms with van der Waals surface area (Å²) in [4.78, 5) is 32.3. The average Bonchev–Trinajstić information content (AvgIpc) is 3.53. The first-order chi connectivity index (χ1) is 15.7. The molecular weight excluding hydrogens is 441 g/mol. The molecule has 0 radical (unpaired) electrons. The topological polar surface area (TPSA) is 107 Å². The highest BCUT2D eigenvalue weighted by Gasteiger charge is 2.59. The molecule has 33 heavy (non-hydrogen) atoms. The molecule has 3 aromatic rings. The van der Waals surface area contributed by atoms with Crippen molar-refractivity contribution in [3.05, 3.63) is 82.8 Å². The van der Waals surface area contributed by atoms with Crippen LogP contribution in [0.3, 0.4) is 0 Å². The average molecular weight is 458 g/mol. The maximum Gasteiger partial charge on any atom is 0.449 e. The third-order valence-electron chi connectivity index (χ3n) is 6.04. The van der Waals surface area contributed by atoms with Crippen molar-refractivity contribution >= 4 is 22.6 Å². The van der Waals surface area contributed by atoms with Crippen molar-refractivity contribution in [3.8, 4) is 0 Å². The van der Waals surface area contributed by atoms with Crippen molar-refractivity contribution in [2.24, 2.45) is 10.7 Å². The number of carbonyl (C=O) groups is 1. The summed E-state index contributed by atoms with van der Waals surface area (Å²) in [7, 11) is 0. The van der Waals surface area contributed by atoms with E-state index in [0.29, 0.717) is 16.7 Å². The van der Waals surface area contributed by atoms with Crippen LogP contribution in [0.2, 0.25) is 0 Å². The predicted octanol–water partition coefficient (Wildman–Crippen LogP) is 3.27.